The van der Waals surface area contributed by atoms with Gasteiger partial charge in [-0.3, -0.25) is 0 Å². The van der Waals surface area contributed by atoms with E-state index in [0.29, 0.717) is 0 Å². The van der Waals surface area contributed by atoms with Gasteiger partial charge in [-0.2, -0.15) is 0 Å². The normalized spacial score (nSPS) is 26.5. The summed E-state index contributed by atoms with van der Waals surface area (Å²) in [6.07, 6.45) is 9.43. The average molecular weight is 182 g/mol. The topological polar surface area (TPSA) is 38.0 Å². The number of nitrogens with two attached hydrogens (primary N) is 1. The Kier molecular flexibility index (Phi) is 2.89. The molecule has 0 aliphatic heterocycles. The molecular weight excluding hydrogens is 160 g/mol. The minimum atomic E-state index is 0.142. The lowest BCUT2D eigenvalue weighted by Crippen LogP contribution is -2.46. The van der Waals surface area contributed by atoms with Crippen LogP contribution in [0.1, 0.15) is 44.9 Å². The van der Waals surface area contributed by atoms with Crippen molar-refractivity contribution >= 4 is 0 Å². The molecule has 0 spiro atoms. The summed E-state index contributed by atoms with van der Waals surface area (Å²) in [5.74, 6) is 1.05. The minimum Gasteiger partial charge on any atom is -0.324 e. The molecule has 0 radical (unpaired) electrons. The fraction of sp³-hybridized carbons (Fsp3) is 1.00. The van der Waals surface area contributed by atoms with Crippen LogP contribution in [0.2, 0.25) is 0 Å². The van der Waals surface area contributed by atoms with Gasteiger partial charge < -0.3 is 11.1 Å². The van der Waals surface area contributed by atoms with Crippen LogP contribution in [0, 0.1) is 5.92 Å². The van der Waals surface area contributed by atoms with E-state index in [9.17, 15) is 0 Å². The molecule has 0 unspecified atom stereocenters. The molecule has 2 rings (SSSR count). The standard InChI is InChI=1S/C11H22N2/c12-11(6-1-2-7-11)9-13-8-5-10-3-4-10/h10,13H,1-9,12H2. The quantitative estimate of drug-likeness (QED) is 0.634. The predicted molar refractivity (Wildman–Crippen MR) is 55.6 cm³/mol. The van der Waals surface area contributed by atoms with Gasteiger partial charge in [0.25, 0.3) is 0 Å². The average Bonchev–Trinajstić information content (AvgIpc) is 2.84. The first-order valence-electron chi connectivity index (χ1n) is 5.78. The zero-order valence-electron chi connectivity index (χ0n) is 8.52. The Labute approximate surface area is 81.3 Å². The Morgan fingerprint density at radius 3 is 2.54 bits per heavy atom. The first kappa shape index (κ1) is 9.47. The maximum absolute atomic E-state index is 6.23. The first-order valence-corrected chi connectivity index (χ1v) is 5.78. The molecule has 2 aliphatic rings. The van der Waals surface area contributed by atoms with Crippen LogP contribution < -0.4 is 11.1 Å². The summed E-state index contributed by atoms with van der Waals surface area (Å²) in [7, 11) is 0. The lowest BCUT2D eigenvalue weighted by atomic mass is 9.99. The van der Waals surface area contributed by atoms with Crippen molar-refractivity contribution in [2.45, 2.75) is 50.5 Å². The molecule has 13 heavy (non-hydrogen) atoms. The maximum Gasteiger partial charge on any atom is 0.0280 e. The highest BCUT2D eigenvalue weighted by Gasteiger charge is 2.28. The molecule has 2 nitrogen and oxygen atoms in total. The van der Waals surface area contributed by atoms with Gasteiger partial charge in [0.15, 0.2) is 0 Å². The molecule has 0 amide bonds. The van der Waals surface area contributed by atoms with Crippen molar-refractivity contribution in [3.63, 3.8) is 0 Å². The van der Waals surface area contributed by atoms with Gasteiger partial charge in [0.1, 0.15) is 0 Å². The van der Waals surface area contributed by atoms with Crippen LogP contribution >= 0.6 is 0 Å². The van der Waals surface area contributed by atoms with E-state index in [1.807, 2.05) is 0 Å². The lowest BCUT2D eigenvalue weighted by molar-refractivity contribution is 0.401. The molecule has 0 bridgehead atoms. The molecule has 0 aromatic rings. The number of rotatable bonds is 5. The monoisotopic (exact) mass is 182 g/mol. The molecule has 2 heteroatoms. The summed E-state index contributed by atoms with van der Waals surface area (Å²) in [5, 5.41) is 3.51. The SMILES string of the molecule is NC1(CNCCC2CC2)CCCC1. The van der Waals surface area contributed by atoms with E-state index < -0.39 is 0 Å². The third kappa shape index (κ3) is 2.96. The van der Waals surface area contributed by atoms with E-state index in [0.717, 1.165) is 12.5 Å². The van der Waals surface area contributed by atoms with E-state index in [1.54, 1.807) is 0 Å². The number of hydrogen-bond donors (Lipinski definition) is 2. The van der Waals surface area contributed by atoms with Crippen molar-refractivity contribution < 1.29 is 0 Å². The zero-order valence-corrected chi connectivity index (χ0v) is 8.52. The van der Waals surface area contributed by atoms with Gasteiger partial charge in [0.2, 0.25) is 0 Å². The molecule has 0 atom stereocenters. The highest BCUT2D eigenvalue weighted by atomic mass is 14.9. The predicted octanol–water partition coefficient (Wildman–Crippen LogP) is 1.65. The molecule has 2 fully saturated rings. The second kappa shape index (κ2) is 3.97. The Morgan fingerprint density at radius 2 is 1.92 bits per heavy atom. The van der Waals surface area contributed by atoms with Crippen molar-refractivity contribution in [1.29, 1.82) is 0 Å². The highest BCUT2D eigenvalue weighted by Crippen LogP contribution is 2.32. The van der Waals surface area contributed by atoms with Crippen LogP contribution in [0.3, 0.4) is 0 Å². The third-order valence-corrected chi connectivity index (χ3v) is 3.50. The van der Waals surface area contributed by atoms with Crippen LogP contribution in [0.5, 0.6) is 0 Å². The maximum atomic E-state index is 6.23. The Balaban J connectivity index is 1.55. The van der Waals surface area contributed by atoms with Gasteiger partial charge >= 0.3 is 0 Å². The number of nitrogens with one attached hydrogen (secondary N) is 1. The Bertz CT molecular complexity index is 157. The summed E-state index contributed by atoms with van der Waals surface area (Å²) < 4.78 is 0. The Morgan fingerprint density at radius 1 is 1.23 bits per heavy atom. The van der Waals surface area contributed by atoms with E-state index >= 15 is 0 Å². The van der Waals surface area contributed by atoms with E-state index in [4.69, 9.17) is 5.73 Å². The molecule has 76 valence electrons. The second-order valence-electron chi connectivity index (χ2n) is 4.98. The van der Waals surface area contributed by atoms with Crippen LogP contribution in [-0.2, 0) is 0 Å². The number of hydrogen-bond acceptors (Lipinski definition) is 2. The molecule has 3 N–H and O–H groups in total. The van der Waals surface area contributed by atoms with Crippen molar-refractivity contribution in [2.75, 3.05) is 13.1 Å². The van der Waals surface area contributed by atoms with E-state index in [2.05, 4.69) is 5.32 Å². The van der Waals surface area contributed by atoms with Crippen LogP contribution in [-0.4, -0.2) is 18.6 Å². The summed E-state index contributed by atoms with van der Waals surface area (Å²) in [6, 6.07) is 0. The van der Waals surface area contributed by atoms with Gasteiger partial charge in [-0.25, -0.2) is 0 Å². The van der Waals surface area contributed by atoms with Crippen LogP contribution in [0.25, 0.3) is 0 Å². The largest absolute Gasteiger partial charge is 0.324 e. The van der Waals surface area contributed by atoms with Crippen molar-refractivity contribution in [2.24, 2.45) is 11.7 Å². The molecule has 0 heterocycles. The summed E-state index contributed by atoms with van der Waals surface area (Å²) in [4.78, 5) is 0. The Hall–Kier alpha value is -0.0800. The van der Waals surface area contributed by atoms with Crippen molar-refractivity contribution in [3.8, 4) is 0 Å². The smallest absolute Gasteiger partial charge is 0.0280 e. The fourth-order valence-electron chi connectivity index (χ4n) is 2.31. The van der Waals surface area contributed by atoms with Crippen molar-refractivity contribution in [3.05, 3.63) is 0 Å². The zero-order chi connectivity index (χ0) is 9.15. The second-order valence-corrected chi connectivity index (χ2v) is 4.98. The van der Waals surface area contributed by atoms with Crippen LogP contribution in [0.15, 0.2) is 0 Å². The highest BCUT2D eigenvalue weighted by molar-refractivity contribution is 4.91. The third-order valence-electron chi connectivity index (χ3n) is 3.50. The van der Waals surface area contributed by atoms with Crippen LogP contribution in [0.4, 0.5) is 0 Å². The first-order chi connectivity index (χ1) is 6.29. The van der Waals surface area contributed by atoms with Gasteiger partial charge in [-0.1, -0.05) is 25.7 Å². The summed E-state index contributed by atoms with van der Waals surface area (Å²) >= 11 is 0. The molecule has 0 saturated heterocycles. The lowest BCUT2D eigenvalue weighted by Gasteiger charge is -2.23. The summed E-state index contributed by atoms with van der Waals surface area (Å²) in [6.45, 7) is 2.23. The van der Waals surface area contributed by atoms with Gasteiger partial charge in [-0.05, 0) is 31.7 Å². The van der Waals surface area contributed by atoms with E-state index in [1.165, 1.54) is 51.5 Å². The van der Waals surface area contributed by atoms with Crippen molar-refractivity contribution in [1.82, 2.24) is 5.32 Å². The molecule has 0 aromatic heterocycles. The van der Waals surface area contributed by atoms with Gasteiger partial charge in [-0.15, -0.1) is 0 Å². The fourth-order valence-corrected chi connectivity index (χ4v) is 2.31. The summed E-state index contributed by atoms with van der Waals surface area (Å²) in [5.41, 5.74) is 6.37. The minimum absolute atomic E-state index is 0.142. The molecule has 2 saturated carbocycles. The van der Waals surface area contributed by atoms with E-state index in [-0.39, 0.29) is 5.54 Å². The molecule has 2 aliphatic carbocycles. The van der Waals surface area contributed by atoms with Gasteiger partial charge in [0.05, 0.1) is 0 Å². The molecular formula is C11H22N2. The van der Waals surface area contributed by atoms with Gasteiger partial charge in [0, 0.05) is 12.1 Å². The molecule has 0 aromatic carbocycles.